The maximum Gasteiger partial charge on any atom is 0.263 e. The summed E-state index contributed by atoms with van der Waals surface area (Å²) in [5.74, 6) is -0.0979. The molecule has 1 fully saturated rings. The van der Waals surface area contributed by atoms with Crippen LogP contribution in [0.25, 0.3) is 21.3 Å². The molecule has 3 N–H and O–H groups in total. The van der Waals surface area contributed by atoms with E-state index in [9.17, 15) is 14.7 Å². The molecule has 152 valence electrons. The van der Waals surface area contributed by atoms with Gasteiger partial charge in [0.15, 0.2) is 6.29 Å². The number of rotatable bonds is 4. The number of fused-ring (bicyclic) bond motifs is 1. The lowest BCUT2D eigenvalue weighted by molar-refractivity contribution is 0.0932. The molecule has 1 amide bonds. The van der Waals surface area contributed by atoms with E-state index >= 15 is 0 Å². The van der Waals surface area contributed by atoms with Crippen molar-refractivity contribution in [1.82, 2.24) is 15.6 Å². The van der Waals surface area contributed by atoms with Gasteiger partial charge in [0.05, 0.1) is 11.3 Å². The molecule has 2 heterocycles. The van der Waals surface area contributed by atoms with Crippen molar-refractivity contribution in [3.63, 3.8) is 0 Å². The number of hydrogen-bond acceptors (Lipinski definition) is 6. The summed E-state index contributed by atoms with van der Waals surface area (Å²) in [6.45, 7) is 3.70. The predicted octanol–water partition coefficient (Wildman–Crippen LogP) is 3.69. The highest BCUT2D eigenvalue weighted by Crippen LogP contribution is 2.33. The van der Waals surface area contributed by atoms with Crippen LogP contribution in [-0.4, -0.2) is 41.4 Å². The second kappa shape index (κ2) is 8.90. The van der Waals surface area contributed by atoms with Gasteiger partial charge in [-0.1, -0.05) is 18.2 Å². The first-order valence-corrected chi connectivity index (χ1v) is 10.1. The summed E-state index contributed by atoms with van der Waals surface area (Å²) in [6, 6.07) is 9.08. The number of aryl methyl sites for hydroxylation is 1. The Bertz CT molecular complexity index is 1060. The van der Waals surface area contributed by atoms with Crippen molar-refractivity contribution in [2.75, 3.05) is 13.1 Å². The lowest BCUT2D eigenvalue weighted by Crippen LogP contribution is -2.42. The summed E-state index contributed by atoms with van der Waals surface area (Å²) in [5, 5.41) is 18.5. The number of aromatic hydroxyl groups is 1. The number of phenolic OH excluding ortho intramolecular Hbond substituents is 1. The second-order valence-corrected chi connectivity index (χ2v) is 7.98. The molecule has 0 saturated carbocycles. The number of aldehydes is 1. The number of nitrogens with zero attached hydrogens (tertiary/aromatic N) is 1. The van der Waals surface area contributed by atoms with E-state index in [0.717, 1.165) is 41.9 Å². The molecule has 0 atom stereocenters. The van der Waals surface area contributed by atoms with Crippen LogP contribution in [0.1, 0.15) is 38.6 Å². The van der Waals surface area contributed by atoms with Crippen LogP contribution < -0.4 is 10.6 Å². The SMILES string of the molecule is Cc1nc(-c2ccc3c(C=O)c(O)ccc3c2)sc1C(=O)NC1CCNCC1.Cl. The van der Waals surface area contributed by atoms with Crippen LogP contribution >= 0.6 is 23.7 Å². The summed E-state index contributed by atoms with van der Waals surface area (Å²) < 4.78 is 0. The lowest BCUT2D eigenvalue weighted by atomic mass is 10.0. The number of carbonyl (C=O) groups excluding carboxylic acids is 2. The number of hydrogen-bond donors (Lipinski definition) is 3. The van der Waals surface area contributed by atoms with Crippen LogP contribution in [0.5, 0.6) is 5.75 Å². The maximum absolute atomic E-state index is 12.7. The monoisotopic (exact) mass is 431 g/mol. The van der Waals surface area contributed by atoms with Crippen LogP contribution in [0.3, 0.4) is 0 Å². The first-order valence-electron chi connectivity index (χ1n) is 9.27. The Morgan fingerprint density at radius 3 is 2.76 bits per heavy atom. The molecule has 1 aliphatic rings. The Hall–Kier alpha value is -2.48. The molecule has 2 aromatic carbocycles. The Labute approximate surface area is 178 Å². The highest BCUT2D eigenvalue weighted by atomic mass is 35.5. The molecule has 1 aliphatic heterocycles. The van der Waals surface area contributed by atoms with Gasteiger partial charge in [0.1, 0.15) is 15.6 Å². The molecular weight excluding hydrogens is 410 g/mol. The van der Waals surface area contributed by atoms with E-state index in [1.807, 2.05) is 19.1 Å². The van der Waals surface area contributed by atoms with Gasteiger partial charge in [-0.05, 0) is 55.8 Å². The normalized spacial score (nSPS) is 14.4. The Morgan fingerprint density at radius 1 is 1.28 bits per heavy atom. The molecule has 8 heteroatoms. The minimum atomic E-state index is -0.0675. The van der Waals surface area contributed by atoms with Gasteiger partial charge in [-0.15, -0.1) is 23.7 Å². The molecule has 0 bridgehead atoms. The van der Waals surface area contributed by atoms with E-state index in [2.05, 4.69) is 15.6 Å². The molecule has 0 radical (unpaired) electrons. The third-order valence-corrected chi connectivity index (χ3v) is 6.29. The molecule has 4 rings (SSSR count). The van der Waals surface area contributed by atoms with Crippen molar-refractivity contribution in [3.05, 3.63) is 46.5 Å². The molecule has 0 aliphatic carbocycles. The van der Waals surface area contributed by atoms with Crippen molar-refractivity contribution < 1.29 is 14.7 Å². The molecule has 3 aromatic rings. The third kappa shape index (κ3) is 4.27. The first kappa shape index (κ1) is 21.2. The number of piperidine rings is 1. The first-order chi connectivity index (χ1) is 13.6. The lowest BCUT2D eigenvalue weighted by Gasteiger charge is -2.23. The van der Waals surface area contributed by atoms with Crippen molar-refractivity contribution in [2.45, 2.75) is 25.8 Å². The zero-order valence-corrected chi connectivity index (χ0v) is 17.5. The van der Waals surface area contributed by atoms with Gasteiger partial charge in [-0.3, -0.25) is 9.59 Å². The number of halogens is 1. The fourth-order valence-corrected chi connectivity index (χ4v) is 4.51. The fraction of sp³-hybridized carbons (Fsp3) is 0.286. The van der Waals surface area contributed by atoms with Gasteiger partial charge in [0, 0.05) is 11.6 Å². The average molecular weight is 432 g/mol. The Kier molecular flexibility index (Phi) is 6.52. The summed E-state index contributed by atoms with van der Waals surface area (Å²) in [6.07, 6.45) is 2.54. The summed E-state index contributed by atoms with van der Waals surface area (Å²) >= 11 is 1.37. The number of phenols is 1. The smallest absolute Gasteiger partial charge is 0.263 e. The largest absolute Gasteiger partial charge is 0.507 e. The molecule has 1 aromatic heterocycles. The zero-order chi connectivity index (χ0) is 19.7. The van der Waals surface area contributed by atoms with E-state index in [1.54, 1.807) is 12.1 Å². The molecular formula is C21H22ClN3O3S. The standard InChI is InChI=1S/C21H21N3O3S.ClH/c1-12-19(20(27)24-15-6-8-22-9-7-15)28-21(23-12)14-2-4-16-13(10-14)3-5-18(26)17(16)11-25;/h2-5,10-11,15,22,26H,6-9H2,1H3,(H,24,27);1H. The molecule has 6 nitrogen and oxygen atoms in total. The van der Waals surface area contributed by atoms with Crippen LogP contribution in [0.4, 0.5) is 0 Å². The zero-order valence-electron chi connectivity index (χ0n) is 15.9. The van der Waals surface area contributed by atoms with Crippen molar-refractivity contribution in [1.29, 1.82) is 0 Å². The number of carbonyl (C=O) groups is 2. The predicted molar refractivity (Wildman–Crippen MR) is 117 cm³/mol. The second-order valence-electron chi connectivity index (χ2n) is 6.98. The van der Waals surface area contributed by atoms with Crippen LogP contribution in [0.15, 0.2) is 30.3 Å². The number of thiazole rings is 1. The van der Waals surface area contributed by atoms with Crippen molar-refractivity contribution in [3.8, 4) is 16.3 Å². The van der Waals surface area contributed by atoms with Crippen LogP contribution in [-0.2, 0) is 0 Å². The van der Waals surface area contributed by atoms with Gasteiger partial charge in [-0.25, -0.2) is 4.98 Å². The summed E-state index contributed by atoms with van der Waals surface area (Å²) in [7, 11) is 0. The highest BCUT2D eigenvalue weighted by molar-refractivity contribution is 7.17. The summed E-state index contributed by atoms with van der Waals surface area (Å²) in [5.41, 5.74) is 1.87. The number of benzene rings is 2. The van der Waals surface area contributed by atoms with Gasteiger partial charge in [0.2, 0.25) is 0 Å². The van der Waals surface area contributed by atoms with E-state index in [4.69, 9.17) is 0 Å². The third-order valence-electron chi connectivity index (χ3n) is 5.08. The number of aromatic nitrogens is 1. The van der Waals surface area contributed by atoms with Crippen LogP contribution in [0.2, 0.25) is 0 Å². The van der Waals surface area contributed by atoms with E-state index in [1.165, 1.54) is 17.4 Å². The van der Waals surface area contributed by atoms with E-state index in [-0.39, 0.29) is 35.7 Å². The topological polar surface area (TPSA) is 91.3 Å². The van der Waals surface area contributed by atoms with Crippen LogP contribution in [0, 0.1) is 6.92 Å². The minimum absolute atomic E-state index is 0. The Balaban J connectivity index is 0.00000240. The van der Waals surface area contributed by atoms with Gasteiger partial charge in [-0.2, -0.15) is 0 Å². The molecule has 29 heavy (non-hydrogen) atoms. The fourth-order valence-electron chi connectivity index (χ4n) is 3.55. The quantitative estimate of drug-likeness (QED) is 0.548. The van der Waals surface area contributed by atoms with Crippen molar-refractivity contribution >= 4 is 46.7 Å². The molecule has 1 saturated heterocycles. The minimum Gasteiger partial charge on any atom is -0.507 e. The van der Waals surface area contributed by atoms with Gasteiger partial charge >= 0.3 is 0 Å². The average Bonchev–Trinajstić information content (AvgIpc) is 3.10. The van der Waals surface area contributed by atoms with Gasteiger partial charge < -0.3 is 15.7 Å². The number of amides is 1. The molecule has 0 spiro atoms. The summed E-state index contributed by atoms with van der Waals surface area (Å²) in [4.78, 5) is 29.2. The maximum atomic E-state index is 12.7. The molecule has 0 unspecified atom stereocenters. The van der Waals surface area contributed by atoms with E-state index < -0.39 is 0 Å². The van der Waals surface area contributed by atoms with Gasteiger partial charge in [0.25, 0.3) is 5.91 Å². The Morgan fingerprint density at radius 2 is 2.03 bits per heavy atom. The highest BCUT2D eigenvalue weighted by Gasteiger charge is 2.21. The number of nitrogens with one attached hydrogen (secondary N) is 2. The van der Waals surface area contributed by atoms with E-state index in [0.29, 0.717) is 22.2 Å². The van der Waals surface area contributed by atoms with Crippen molar-refractivity contribution in [2.24, 2.45) is 0 Å².